The van der Waals surface area contributed by atoms with Crippen LogP contribution in [0.3, 0.4) is 0 Å². The van der Waals surface area contributed by atoms with Gasteiger partial charge in [-0.1, -0.05) is 125 Å². The van der Waals surface area contributed by atoms with Crippen molar-refractivity contribution in [1.82, 2.24) is 157 Å². The fourth-order valence-electron chi connectivity index (χ4n) is 13.4. The number of pyridine rings is 1. The van der Waals surface area contributed by atoms with E-state index in [0.717, 1.165) is 125 Å². The minimum atomic E-state index is -4.73. The minimum absolute atomic E-state index is 0.163. The number of nitrogens with one attached hydrogen (secondary N) is 10. The van der Waals surface area contributed by atoms with Crippen LogP contribution >= 0.6 is 23.2 Å². The summed E-state index contributed by atoms with van der Waals surface area (Å²) >= 11 is 12.0. The first-order valence-electron chi connectivity index (χ1n) is 45.2. The van der Waals surface area contributed by atoms with Crippen molar-refractivity contribution in [3.63, 3.8) is 0 Å². The molecule has 0 saturated heterocycles. The molecule has 0 atom stereocenters. The monoisotopic (exact) mass is 2040 g/mol. The first-order valence-corrected chi connectivity index (χ1v) is 46.0. The maximum absolute atomic E-state index is 13.4. The van der Waals surface area contributed by atoms with Crippen molar-refractivity contribution < 1.29 is 55.1 Å². The van der Waals surface area contributed by atoms with E-state index in [1.165, 1.54) is 48.6 Å². The lowest BCUT2D eigenvalue weighted by atomic mass is 10.1. The molecule has 0 aliphatic heterocycles. The molecule has 0 aliphatic rings. The number of nitrogens with zero attached hydrogens (tertiary/aromatic N) is 21. The quantitative estimate of drug-likeness (QED) is 0.0336. The molecule has 38 nitrogen and oxygen atoms in total. The van der Waals surface area contributed by atoms with Crippen LogP contribution in [0.15, 0.2) is 206 Å². The second-order valence-corrected chi connectivity index (χ2v) is 32.3. The Labute approximate surface area is 852 Å². The molecule has 147 heavy (non-hydrogen) atoms. The van der Waals surface area contributed by atoms with Crippen molar-refractivity contribution in [2.45, 2.75) is 117 Å². The van der Waals surface area contributed by atoms with E-state index in [1.807, 2.05) is 191 Å². The molecule has 11 aromatic heterocycles. The van der Waals surface area contributed by atoms with Crippen LogP contribution in [0.25, 0.3) is 114 Å². The lowest BCUT2D eigenvalue weighted by molar-refractivity contribution is -0.274. The largest absolute Gasteiger partial charge is 0.573 e. The predicted octanol–water partition coefficient (Wildman–Crippen LogP) is 21.7. The lowest BCUT2D eigenvalue weighted by Gasteiger charge is -2.11. The maximum Gasteiger partial charge on any atom is 0.573 e. The van der Waals surface area contributed by atoms with Gasteiger partial charge in [-0.2, -0.15) is 51.0 Å². The van der Waals surface area contributed by atoms with Gasteiger partial charge in [0.25, 0.3) is 0 Å². The highest BCUT2D eigenvalue weighted by molar-refractivity contribution is 6.32. The van der Waals surface area contributed by atoms with Crippen LogP contribution in [0.5, 0.6) is 40.4 Å². The van der Waals surface area contributed by atoms with E-state index < -0.39 is 12.2 Å². The molecule has 0 bridgehead atoms. The van der Waals surface area contributed by atoms with Gasteiger partial charge in [0, 0.05) is 33.5 Å². The summed E-state index contributed by atoms with van der Waals surface area (Å²) in [5.41, 5.74) is 11.9. The van der Waals surface area contributed by atoms with Gasteiger partial charge in [-0.25, -0.2) is 63.6 Å². The molecular formula is C102H108Cl2F5N31O7. The first-order chi connectivity index (χ1) is 70.6. The number of halogens is 7. The molecule has 20 rings (SSSR count). The lowest BCUT2D eigenvalue weighted by Crippen LogP contribution is -2.17. The van der Waals surface area contributed by atoms with Crippen molar-refractivity contribution in [2.75, 3.05) is 41.7 Å². The SMILES string of the molecule is CCOc1ccccc1-c1n[nH]c(C)n1.CCOc1ncccc1-c1n[nH]c(C)n1.COc1c(Cl)cccc1-c1n[nH]c(C)n1.COc1c(F)cccc1-c1n[nH]c(C)n1.COc1cccc(-c2n[nH]c(C)n2)c1.COc1ccccc1-c1n[nH]c(C)n1.Cc1cc(C)cc(-c2n[nH]c(C)n2)c1.Cc1nc(-c2cccc(Cl)c2C)n[nH]1.Cc1nc(-c2cccc(F)c2C)n[nH]1.Cc1nc(-c2ccccc2OC(F)(F)F)n[nH]1. The van der Waals surface area contributed by atoms with Crippen molar-refractivity contribution in [1.29, 1.82) is 0 Å². The number of para-hydroxylation sites is 5. The van der Waals surface area contributed by atoms with E-state index in [0.29, 0.717) is 99.2 Å². The summed E-state index contributed by atoms with van der Waals surface area (Å²) in [6.07, 6.45) is -3.05. The van der Waals surface area contributed by atoms with Crippen LogP contribution in [0.4, 0.5) is 22.0 Å². The fraction of sp³-hybridized carbons (Fsp3) is 0.225. The second-order valence-electron chi connectivity index (χ2n) is 31.5. The minimum Gasteiger partial charge on any atom is -0.497 e. The van der Waals surface area contributed by atoms with Crippen LogP contribution in [0, 0.1) is 109 Å². The number of aromatic amines is 10. The van der Waals surface area contributed by atoms with E-state index in [-0.39, 0.29) is 28.7 Å². The van der Waals surface area contributed by atoms with Crippen molar-refractivity contribution in [3.8, 4) is 154 Å². The molecule has 45 heteroatoms. The Morgan fingerprint density at radius 2 is 0.605 bits per heavy atom. The number of methoxy groups -OCH3 is 4. The number of aryl methyl sites for hydroxylation is 12. The van der Waals surface area contributed by atoms with Gasteiger partial charge in [0.1, 0.15) is 92.8 Å². The van der Waals surface area contributed by atoms with E-state index >= 15 is 0 Å². The summed E-state index contributed by atoms with van der Waals surface area (Å²) in [4.78, 5) is 46.1. The summed E-state index contributed by atoms with van der Waals surface area (Å²) in [6, 6.07) is 59.6. The van der Waals surface area contributed by atoms with Crippen molar-refractivity contribution in [2.24, 2.45) is 0 Å². The molecule has 20 aromatic rings. The number of rotatable bonds is 19. The van der Waals surface area contributed by atoms with Gasteiger partial charge >= 0.3 is 6.36 Å². The van der Waals surface area contributed by atoms with Gasteiger partial charge in [-0.05, 0) is 231 Å². The average Bonchev–Trinajstić information content (AvgIpc) is 1.73. The number of hydrogen-bond acceptors (Lipinski definition) is 28. The molecule has 0 radical (unpaired) electrons. The molecule has 0 amide bonds. The van der Waals surface area contributed by atoms with Gasteiger partial charge in [0.05, 0.1) is 80.1 Å². The zero-order chi connectivity index (χ0) is 106. The molecular weight excluding hydrogens is 1940 g/mol. The van der Waals surface area contributed by atoms with E-state index in [9.17, 15) is 22.0 Å². The molecule has 9 aromatic carbocycles. The molecule has 10 N–H and O–H groups in total. The molecule has 11 heterocycles. The zero-order valence-corrected chi connectivity index (χ0v) is 85.5. The third-order valence-electron chi connectivity index (χ3n) is 20.0. The maximum atomic E-state index is 13.4. The topological polar surface area (TPSA) is 493 Å². The third-order valence-corrected chi connectivity index (χ3v) is 20.8. The summed E-state index contributed by atoms with van der Waals surface area (Å²) in [5, 5.41) is 69.3. The van der Waals surface area contributed by atoms with E-state index in [1.54, 1.807) is 84.7 Å². The zero-order valence-electron chi connectivity index (χ0n) is 83.9. The summed E-state index contributed by atoms with van der Waals surface area (Å²) in [6.45, 7) is 31.3. The Morgan fingerprint density at radius 1 is 0.279 bits per heavy atom. The van der Waals surface area contributed by atoms with Gasteiger partial charge in [0.15, 0.2) is 69.8 Å². The van der Waals surface area contributed by atoms with Crippen molar-refractivity contribution >= 4 is 23.2 Å². The molecule has 0 saturated carbocycles. The Kier molecular flexibility index (Phi) is 39.9. The molecule has 0 unspecified atom stereocenters. The van der Waals surface area contributed by atoms with Crippen LogP contribution in [-0.2, 0) is 0 Å². The standard InChI is InChI=1S/C11H13N3O.C11H13N3.C10H10ClN3O.C10H10ClN3.C10H8F3N3O.C10H10FN3O.C10H10FN3.C10H12N4O.2C10H11N3O/c1-3-15-10-7-5-4-6-9(10)11-12-8(2)13-14-11;1-7-4-8(2)6-10(5-7)11-12-9(3)13-14-11;1-6-12-10(14-13-6)7-4-3-5-8(11)9(7)15-2;1-6-8(4-3-5-9(6)11)10-12-7(2)13-14-10;1-6-14-9(16-15-6)7-4-2-3-5-8(7)17-10(11,12)13;1-6-12-10(14-13-6)7-4-3-5-8(11)9(7)15-2;1-6-8(4-3-5-9(6)11)10-12-7(2)13-14-10;1-3-15-10-8(5-4-6-11-10)9-12-7(2)13-14-9;1-7-11-10(13-12-7)8-4-3-5-9(6-8)14-2;1-7-11-10(13-12-7)8-5-3-4-6-9(8)14-2/h4-7H,3H2,1-2H3,(H,12,13,14);4-6H,1-3H3,(H,12,13,14);3-5H,1-2H3,(H,12,13,14);3-5H,1-2H3,(H,12,13,14);2-5H,1H3,(H,14,15,16);3-5H,1-2H3,(H,12,13,14);3-5H,1-2H3,(H,12,13,14);4-6H,3H2,1-2H3,(H,12,13,14);2*3-6H,1-2H3,(H,11,12,13). The molecule has 0 fully saturated rings. The van der Waals surface area contributed by atoms with Crippen LogP contribution in [0.2, 0.25) is 10.0 Å². The van der Waals surface area contributed by atoms with E-state index in [4.69, 9.17) is 51.6 Å². The number of ether oxygens (including phenoxy) is 7. The van der Waals surface area contributed by atoms with E-state index in [2.05, 4.69) is 194 Å². The highest BCUT2D eigenvalue weighted by atomic mass is 35.5. The fourth-order valence-corrected chi connectivity index (χ4v) is 13.9. The predicted molar refractivity (Wildman–Crippen MR) is 547 cm³/mol. The van der Waals surface area contributed by atoms with Crippen LogP contribution < -0.4 is 33.2 Å². The Morgan fingerprint density at radius 3 is 1.01 bits per heavy atom. The Hall–Kier alpha value is -17.6. The summed E-state index contributed by atoms with van der Waals surface area (Å²) < 4.78 is 98.4. The number of hydrogen-bond donors (Lipinski definition) is 10. The number of H-pyrrole nitrogens is 10. The summed E-state index contributed by atoms with van der Waals surface area (Å²) in [5.74, 6) is 16.1. The van der Waals surface area contributed by atoms with Crippen LogP contribution in [-0.4, -0.2) is 205 Å². The normalized spacial score (nSPS) is 10.5. The number of aromatic nitrogens is 31. The summed E-state index contributed by atoms with van der Waals surface area (Å²) in [7, 11) is 6.27. The van der Waals surface area contributed by atoms with Crippen LogP contribution in [0.1, 0.15) is 94.3 Å². The Bertz CT molecular complexity index is 7290. The van der Waals surface area contributed by atoms with Gasteiger partial charge in [-0.3, -0.25) is 51.0 Å². The second kappa shape index (κ2) is 53.5. The van der Waals surface area contributed by atoms with Gasteiger partial charge in [0.2, 0.25) is 5.88 Å². The molecule has 0 aliphatic carbocycles. The van der Waals surface area contributed by atoms with Gasteiger partial charge in [-0.15, -0.1) is 13.2 Å². The Balaban J connectivity index is 0.000000155. The molecule has 762 valence electrons. The highest BCUT2D eigenvalue weighted by Crippen LogP contribution is 2.38. The smallest absolute Gasteiger partial charge is 0.497 e. The number of benzene rings is 9. The molecule has 0 spiro atoms. The first kappa shape index (κ1) is 110. The highest BCUT2D eigenvalue weighted by Gasteiger charge is 2.33. The van der Waals surface area contributed by atoms with Gasteiger partial charge < -0.3 is 33.2 Å². The third kappa shape index (κ3) is 31.9. The van der Waals surface area contributed by atoms with Crippen molar-refractivity contribution in [3.05, 3.63) is 309 Å². The number of alkyl halides is 3. The average molecular weight is 2050 g/mol.